The minimum absolute atomic E-state index is 0.232. The van der Waals surface area contributed by atoms with Gasteiger partial charge in [-0.1, -0.05) is 13.8 Å². The molecule has 0 heterocycles. The fraction of sp³-hybridized carbons (Fsp3) is 1.00. The predicted molar refractivity (Wildman–Crippen MR) is 48.6 cm³/mol. The standard InChI is InChI=1S/C9H21NO/c1-7(2)5-8(3)10-6-9(4)11/h7-11H,5-6H2,1-4H3/t8?,9-/m0/s1. The minimum Gasteiger partial charge on any atom is -0.392 e. The SMILES string of the molecule is CC(C)CC(C)NC[C@H](C)O. The van der Waals surface area contributed by atoms with Crippen molar-refractivity contribution in [3.63, 3.8) is 0 Å². The summed E-state index contributed by atoms with van der Waals surface area (Å²) in [4.78, 5) is 0. The van der Waals surface area contributed by atoms with Crippen molar-refractivity contribution in [3.8, 4) is 0 Å². The number of nitrogens with one attached hydrogen (secondary N) is 1. The molecule has 2 atom stereocenters. The molecule has 1 unspecified atom stereocenters. The molecule has 0 aromatic heterocycles. The van der Waals surface area contributed by atoms with Crippen LogP contribution in [0, 0.1) is 5.92 Å². The molecule has 68 valence electrons. The molecule has 11 heavy (non-hydrogen) atoms. The first kappa shape index (κ1) is 10.9. The van der Waals surface area contributed by atoms with E-state index in [9.17, 15) is 0 Å². The van der Waals surface area contributed by atoms with Crippen LogP contribution in [0.5, 0.6) is 0 Å². The highest BCUT2D eigenvalue weighted by Crippen LogP contribution is 2.03. The van der Waals surface area contributed by atoms with Gasteiger partial charge in [0.15, 0.2) is 0 Å². The Balaban J connectivity index is 3.29. The van der Waals surface area contributed by atoms with E-state index in [1.165, 1.54) is 6.42 Å². The van der Waals surface area contributed by atoms with Crippen LogP contribution >= 0.6 is 0 Å². The average molecular weight is 159 g/mol. The van der Waals surface area contributed by atoms with Crippen LogP contribution in [0.3, 0.4) is 0 Å². The zero-order chi connectivity index (χ0) is 8.85. The van der Waals surface area contributed by atoms with Gasteiger partial charge in [0.05, 0.1) is 6.10 Å². The van der Waals surface area contributed by atoms with Gasteiger partial charge in [-0.3, -0.25) is 0 Å². The van der Waals surface area contributed by atoms with E-state index in [0.29, 0.717) is 12.6 Å². The van der Waals surface area contributed by atoms with Gasteiger partial charge in [0, 0.05) is 12.6 Å². The van der Waals surface area contributed by atoms with Crippen molar-refractivity contribution in [3.05, 3.63) is 0 Å². The van der Waals surface area contributed by atoms with E-state index >= 15 is 0 Å². The molecule has 0 aliphatic heterocycles. The molecule has 0 bridgehead atoms. The molecule has 2 nitrogen and oxygen atoms in total. The Kier molecular flexibility index (Phi) is 5.51. The maximum Gasteiger partial charge on any atom is 0.0636 e. The van der Waals surface area contributed by atoms with Gasteiger partial charge in [0.25, 0.3) is 0 Å². The van der Waals surface area contributed by atoms with E-state index in [1.54, 1.807) is 6.92 Å². The third kappa shape index (κ3) is 7.82. The summed E-state index contributed by atoms with van der Waals surface area (Å²) in [5, 5.41) is 12.2. The summed E-state index contributed by atoms with van der Waals surface area (Å²) in [5.41, 5.74) is 0. The van der Waals surface area contributed by atoms with Crippen LogP contribution < -0.4 is 5.32 Å². The predicted octanol–water partition coefficient (Wildman–Crippen LogP) is 1.39. The molecule has 0 saturated heterocycles. The molecule has 0 radical (unpaired) electrons. The van der Waals surface area contributed by atoms with E-state index < -0.39 is 0 Å². The van der Waals surface area contributed by atoms with Gasteiger partial charge in [-0.2, -0.15) is 0 Å². The number of hydrogen-bond donors (Lipinski definition) is 2. The van der Waals surface area contributed by atoms with Gasteiger partial charge in [-0.25, -0.2) is 0 Å². The monoisotopic (exact) mass is 159 g/mol. The fourth-order valence-electron chi connectivity index (χ4n) is 1.16. The van der Waals surface area contributed by atoms with Crippen molar-refractivity contribution in [2.45, 2.75) is 46.3 Å². The zero-order valence-corrected chi connectivity index (χ0v) is 8.09. The van der Waals surface area contributed by atoms with Crippen molar-refractivity contribution < 1.29 is 5.11 Å². The second-order valence-corrected chi connectivity index (χ2v) is 3.79. The summed E-state index contributed by atoms with van der Waals surface area (Å²) in [6.45, 7) is 9.08. The van der Waals surface area contributed by atoms with Crippen molar-refractivity contribution in [2.24, 2.45) is 5.92 Å². The largest absolute Gasteiger partial charge is 0.392 e. The van der Waals surface area contributed by atoms with Gasteiger partial charge >= 0.3 is 0 Å². The van der Waals surface area contributed by atoms with Crippen LogP contribution in [0.2, 0.25) is 0 Å². The molecule has 0 aliphatic rings. The van der Waals surface area contributed by atoms with Gasteiger partial charge < -0.3 is 10.4 Å². The third-order valence-corrected chi connectivity index (χ3v) is 1.59. The maximum absolute atomic E-state index is 8.97. The summed E-state index contributed by atoms with van der Waals surface area (Å²) in [6, 6.07) is 0.518. The Morgan fingerprint density at radius 1 is 1.18 bits per heavy atom. The van der Waals surface area contributed by atoms with Crippen LogP contribution in [-0.2, 0) is 0 Å². The summed E-state index contributed by atoms with van der Waals surface area (Å²) in [7, 11) is 0. The molecular formula is C9H21NO. The first-order chi connectivity index (χ1) is 5.02. The third-order valence-electron chi connectivity index (χ3n) is 1.59. The molecule has 2 heteroatoms. The second kappa shape index (κ2) is 5.56. The van der Waals surface area contributed by atoms with Crippen LogP contribution in [0.1, 0.15) is 34.1 Å². The molecule has 0 aliphatic carbocycles. The van der Waals surface area contributed by atoms with E-state index in [2.05, 4.69) is 26.1 Å². The van der Waals surface area contributed by atoms with E-state index in [4.69, 9.17) is 5.11 Å². The number of aliphatic hydroxyl groups excluding tert-OH is 1. The van der Waals surface area contributed by atoms with Crippen molar-refractivity contribution in [1.82, 2.24) is 5.32 Å². The van der Waals surface area contributed by atoms with E-state index in [-0.39, 0.29) is 6.10 Å². The second-order valence-electron chi connectivity index (χ2n) is 3.79. The van der Waals surface area contributed by atoms with Crippen LogP contribution in [-0.4, -0.2) is 23.8 Å². The smallest absolute Gasteiger partial charge is 0.0636 e. The lowest BCUT2D eigenvalue weighted by molar-refractivity contribution is 0.185. The van der Waals surface area contributed by atoms with E-state index in [1.807, 2.05) is 0 Å². The quantitative estimate of drug-likeness (QED) is 0.635. The molecular weight excluding hydrogens is 138 g/mol. The highest BCUT2D eigenvalue weighted by molar-refractivity contribution is 4.64. The first-order valence-electron chi connectivity index (χ1n) is 4.43. The minimum atomic E-state index is -0.232. The number of hydrogen-bond acceptors (Lipinski definition) is 2. The lowest BCUT2D eigenvalue weighted by Crippen LogP contribution is -2.33. The lowest BCUT2D eigenvalue weighted by Gasteiger charge is -2.16. The number of aliphatic hydroxyl groups is 1. The summed E-state index contributed by atoms with van der Waals surface area (Å²) in [5.74, 6) is 0.728. The zero-order valence-electron chi connectivity index (χ0n) is 8.09. The van der Waals surface area contributed by atoms with Crippen molar-refractivity contribution in [1.29, 1.82) is 0 Å². The lowest BCUT2D eigenvalue weighted by atomic mass is 10.1. The Bertz CT molecular complexity index is 91.6. The van der Waals surface area contributed by atoms with Crippen LogP contribution in [0.25, 0.3) is 0 Å². The summed E-state index contributed by atoms with van der Waals surface area (Å²) < 4.78 is 0. The van der Waals surface area contributed by atoms with Gasteiger partial charge in [-0.15, -0.1) is 0 Å². The Labute approximate surface area is 70.0 Å². The first-order valence-corrected chi connectivity index (χ1v) is 4.43. The van der Waals surface area contributed by atoms with Crippen molar-refractivity contribution >= 4 is 0 Å². The molecule has 0 rings (SSSR count). The Morgan fingerprint density at radius 3 is 2.09 bits per heavy atom. The Hall–Kier alpha value is -0.0800. The molecule has 0 fully saturated rings. The molecule has 0 aromatic carbocycles. The summed E-state index contributed by atoms with van der Waals surface area (Å²) in [6.07, 6.45) is 0.941. The van der Waals surface area contributed by atoms with E-state index in [0.717, 1.165) is 5.92 Å². The molecule has 0 spiro atoms. The normalized spacial score (nSPS) is 16.9. The summed E-state index contributed by atoms with van der Waals surface area (Å²) >= 11 is 0. The van der Waals surface area contributed by atoms with Gasteiger partial charge in [-0.05, 0) is 26.2 Å². The molecule has 0 saturated carbocycles. The van der Waals surface area contributed by atoms with Crippen molar-refractivity contribution in [2.75, 3.05) is 6.54 Å². The maximum atomic E-state index is 8.97. The van der Waals surface area contributed by atoms with Crippen LogP contribution in [0.4, 0.5) is 0 Å². The topological polar surface area (TPSA) is 32.3 Å². The van der Waals surface area contributed by atoms with Crippen LogP contribution in [0.15, 0.2) is 0 Å². The highest BCUT2D eigenvalue weighted by Gasteiger charge is 2.04. The highest BCUT2D eigenvalue weighted by atomic mass is 16.3. The van der Waals surface area contributed by atoms with Gasteiger partial charge in [0.2, 0.25) is 0 Å². The molecule has 0 aromatic rings. The number of rotatable bonds is 5. The fourth-order valence-corrected chi connectivity index (χ4v) is 1.16. The molecule has 0 amide bonds. The average Bonchev–Trinajstić information content (AvgIpc) is 1.82. The molecule has 2 N–H and O–H groups in total. The van der Waals surface area contributed by atoms with Gasteiger partial charge in [0.1, 0.15) is 0 Å². The Morgan fingerprint density at radius 2 is 1.73 bits per heavy atom.